The molecule has 1 heterocycles. The summed E-state index contributed by atoms with van der Waals surface area (Å²) in [5.41, 5.74) is 1.28. The molecule has 25 heavy (non-hydrogen) atoms. The highest BCUT2D eigenvalue weighted by Gasteiger charge is 2.07. The van der Waals surface area contributed by atoms with Crippen molar-refractivity contribution in [1.82, 2.24) is 9.66 Å². The second kappa shape index (κ2) is 7.61. The molecule has 0 atom stereocenters. The van der Waals surface area contributed by atoms with Gasteiger partial charge in [-0.2, -0.15) is 9.78 Å². The second-order valence-corrected chi connectivity index (χ2v) is 6.48. The summed E-state index contributed by atoms with van der Waals surface area (Å²) in [6.07, 6.45) is 2.54. The van der Waals surface area contributed by atoms with E-state index in [2.05, 4.69) is 32.9 Å². The minimum Gasteiger partial charge on any atom is -0.493 e. The molecule has 0 fully saturated rings. The summed E-state index contributed by atoms with van der Waals surface area (Å²) < 4.78 is 7.97. The highest BCUT2D eigenvalue weighted by Crippen LogP contribution is 2.22. The van der Waals surface area contributed by atoms with Crippen molar-refractivity contribution in [2.45, 2.75) is 20.3 Å². The zero-order valence-electron chi connectivity index (χ0n) is 14.1. The molecule has 0 unspecified atom stereocenters. The van der Waals surface area contributed by atoms with Gasteiger partial charge < -0.3 is 4.74 Å². The number of para-hydroxylation sites is 1. The van der Waals surface area contributed by atoms with Crippen molar-refractivity contribution < 1.29 is 4.74 Å². The van der Waals surface area contributed by atoms with Gasteiger partial charge >= 0.3 is 0 Å². The lowest BCUT2D eigenvalue weighted by Crippen LogP contribution is -2.20. The van der Waals surface area contributed by atoms with Crippen LogP contribution in [0, 0.1) is 6.92 Å². The molecule has 0 radical (unpaired) electrons. The molecular formula is C19H18BrN3O2. The average molecular weight is 400 g/mol. The Morgan fingerprint density at radius 1 is 1.28 bits per heavy atom. The zero-order chi connectivity index (χ0) is 17.8. The summed E-state index contributed by atoms with van der Waals surface area (Å²) in [5, 5.41) is 4.89. The fraction of sp³-hybridized carbons (Fsp3) is 0.211. The molecule has 0 aliphatic heterocycles. The maximum absolute atomic E-state index is 12.7. The first-order valence-electron chi connectivity index (χ1n) is 8.05. The van der Waals surface area contributed by atoms with E-state index in [4.69, 9.17) is 4.74 Å². The molecule has 2 aromatic carbocycles. The molecule has 0 spiro atoms. The third-order valence-electron chi connectivity index (χ3n) is 3.66. The molecule has 5 nitrogen and oxygen atoms in total. The standard InChI is InChI=1S/C19H18BrN3O2/c1-3-10-25-18-9-8-15(20)11-14(18)12-21-23-13(2)22-17-7-5-4-6-16(17)19(23)24/h4-9,11-12H,3,10H2,1-2H3/b21-12-. The number of hydrogen-bond donors (Lipinski definition) is 0. The van der Waals surface area contributed by atoms with Gasteiger partial charge in [0.25, 0.3) is 5.56 Å². The summed E-state index contributed by atoms with van der Waals surface area (Å²) in [6, 6.07) is 13.0. The molecular weight excluding hydrogens is 382 g/mol. The fourth-order valence-corrected chi connectivity index (χ4v) is 2.83. The summed E-state index contributed by atoms with van der Waals surface area (Å²) in [5.74, 6) is 1.26. The van der Waals surface area contributed by atoms with Crippen molar-refractivity contribution in [1.29, 1.82) is 0 Å². The van der Waals surface area contributed by atoms with Crippen LogP contribution >= 0.6 is 15.9 Å². The van der Waals surface area contributed by atoms with Gasteiger partial charge in [0.2, 0.25) is 0 Å². The monoisotopic (exact) mass is 399 g/mol. The van der Waals surface area contributed by atoms with Crippen LogP contribution < -0.4 is 10.3 Å². The predicted molar refractivity (Wildman–Crippen MR) is 104 cm³/mol. The molecule has 0 bridgehead atoms. The van der Waals surface area contributed by atoms with Crippen LogP contribution in [-0.4, -0.2) is 22.5 Å². The lowest BCUT2D eigenvalue weighted by atomic mass is 10.2. The van der Waals surface area contributed by atoms with Crippen LogP contribution in [0.1, 0.15) is 24.7 Å². The summed E-state index contributed by atoms with van der Waals surface area (Å²) in [4.78, 5) is 17.1. The number of nitrogens with zero attached hydrogens (tertiary/aromatic N) is 3. The molecule has 0 aliphatic rings. The maximum Gasteiger partial charge on any atom is 0.282 e. The number of benzene rings is 2. The number of aromatic nitrogens is 2. The lowest BCUT2D eigenvalue weighted by molar-refractivity contribution is 0.317. The Morgan fingerprint density at radius 2 is 2.08 bits per heavy atom. The highest BCUT2D eigenvalue weighted by atomic mass is 79.9. The van der Waals surface area contributed by atoms with Crippen LogP contribution in [0.2, 0.25) is 0 Å². The summed E-state index contributed by atoms with van der Waals surface area (Å²) in [6.45, 7) is 4.44. The van der Waals surface area contributed by atoms with E-state index in [-0.39, 0.29) is 5.56 Å². The molecule has 0 N–H and O–H groups in total. The average Bonchev–Trinajstić information content (AvgIpc) is 2.61. The van der Waals surface area contributed by atoms with Crippen LogP contribution in [-0.2, 0) is 0 Å². The second-order valence-electron chi connectivity index (χ2n) is 5.57. The SMILES string of the molecule is CCCOc1ccc(Br)cc1/C=N\n1c(C)nc2ccccc2c1=O. The molecule has 3 aromatic rings. The number of ether oxygens (including phenoxy) is 1. The minimum atomic E-state index is -0.189. The van der Waals surface area contributed by atoms with E-state index in [1.165, 1.54) is 4.68 Å². The van der Waals surface area contributed by atoms with Crippen molar-refractivity contribution in [3.63, 3.8) is 0 Å². The van der Waals surface area contributed by atoms with E-state index < -0.39 is 0 Å². The molecule has 0 aliphatic carbocycles. The van der Waals surface area contributed by atoms with Gasteiger partial charge in [-0.25, -0.2) is 4.98 Å². The first-order valence-corrected chi connectivity index (χ1v) is 8.84. The maximum atomic E-state index is 12.7. The van der Waals surface area contributed by atoms with E-state index in [1.54, 1.807) is 19.2 Å². The number of aryl methyl sites for hydroxylation is 1. The number of fused-ring (bicyclic) bond motifs is 1. The Balaban J connectivity index is 2.04. The molecule has 0 saturated carbocycles. The number of rotatable bonds is 5. The normalized spacial score (nSPS) is 11.3. The van der Waals surface area contributed by atoms with Crippen molar-refractivity contribution in [3.05, 3.63) is 68.7 Å². The molecule has 3 rings (SSSR count). The Kier molecular flexibility index (Phi) is 5.28. The molecule has 0 amide bonds. The van der Waals surface area contributed by atoms with Crippen LogP contribution in [0.4, 0.5) is 0 Å². The van der Waals surface area contributed by atoms with E-state index in [0.717, 1.165) is 22.2 Å². The third kappa shape index (κ3) is 3.79. The summed E-state index contributed by atoms with van der Waals surface area (Å²) in [7, 11) is 0. The third-order valence-corrected chi connectivity index (χ3v) is 4.15. The molecule has 128 valence electrons. The number of hydrogen-bond acceptors (Lipinski definition) is 4. The quantitative estimate of drug-likeness (QED) is 0.605. The Morgan fingerprint density at radius 3 is 2.88 bits per heavy atom. The summed E-state index contributed by atoms with van der Waals surface area (Å²) >= 11 is 3.45. The van der Waals surface area contributed by atoms with Gasteiger partial charge in [-0.1, -0.05) is 35.0 Å². The molecule has 1 aromatic heterocycles. The van der Waals surface area contributed by atoms with Crippen molar-refractivity contribution in [2.75, 3.05) is 6.61 Å². The van der Waals surface area contributed by atoms with Crippen LogP contribution in [0.25, 0.3) is 10.9 Å². The van der Waals surface area contributed by atoms with Crippen molar-refractivity contribution in [3.8, 4) is 5.75 Å². The van der Waals surface area contributed by atoms with Gasteiger partial charge in [0.1, 0.15) is 11.6 Å². The fourth-order valence-electron chi connectivity index (χ4n) is 2.45. The van der Waals surface area contributed by atoms with Crippen LogP contribution in [0.15, 0.2) is 56.8 Å². The van der Waals surface area contributed by atoms with Gasteiger partial charge in [0.05, 0.1) is 23.7 Å². The topological polar surface area (TPSA) is 56.5 Å². The van der Waals surface area contributed by atoms with Crippen LogP contribution in [0.5, 0.6) is 5.75 Å². The Bertz CT molecular complexity index is 996. The van der Waals surface area contributed by atoms with Gasteiger partial charge in [-0.3, -0.25) is 4.79 Å². The van der Waals surface area contributed by atoms with E-state index in [0.29, 0.717) is 23.3 Å². The smallest absolute Gasteiger partial charge is 0.282 e. The molecule has 6 heteroatoms. The zero-order valence-corrected chi connectivity index (χ0v) is 15.7. The minimum absolute atomic E-state index is 0.189. The van der Waals surface area contributed by atoms with Gasteiger partial charge in [-0.15, -0.1) is 0 Å². The van der Waals surface area contributed by atoms with E-state index >= 15 is 0 Å². The predicted octanol–water partition coefficient (Wildman–Crippen LogP) is 4.14. The lowest BCUT2D eigenvalue weighted by Gasteiger charge is -2.09. The first-order chi connectivity index (χ1) is 12.1. The Hall–Kier alpha value is -2.47. The largest absolute Gasteiger partial charge is 0.493 e. The van der Waals surface area contributed by atoms with E-state index in [1.807, 2.05) is 36.4 Å². The van der Waals surface area contributed by atoms with Gasteiger partial charge in [0, 0.05) is 10.0 Å². The molecule has 0 saturated heterocycles. The number of halogens is 1. The van der Waals surface area contributed by atoms with Gasteiger partial charge in [-0.05, 0) is 43.7 Å². The van der Waals surface area contributed by atoms with Crippen molar-refractivity contribution in [2.24, 2.45) is 5.10 Å². The highest BCUT2D eigenvalue weighted by molar-refractivity contribution is 9.10. The Labute approximate surface area is 154 Å². The van der Waals surface area contributed by atoms with Gasteiger partial charge in [0.15, 0.2) is 0 Å². The van der Waals surface area contributed by atoms with E-state index in [9.17, 15) is 4.79 Å². The first kappa shape index (κ1) is 17.4. The van der Waals surface area contributed by atoms with Crippen molar-refractivity contribution >= 4 is 33.0 Å². The van der Waals surface area contributed by atoms with Crippen LogP contribution in [0.3, 0.4) is 0 Å².